The zero-order valence-electron chi connectivity index (χ0n) is 7.98. The summed E-state index contributed by atoms with van der Waals surface area (Å²) in [6, 6.07) is 4.23. The van der Waals surface area contributed by atoms with Gasteiger partial charge in [0.15, 0.2) is 7.28 Å². The van der Waals surface area contributed by atoms with Crippen LogP contribution in [0.3, 0.4) is 0 Å². The van der Waals surface area contributed by atoms with Gasteiger partial charge in [-0.2, -0.15) is 0 Å². The maximum atomic E-state index is 4.50. The number of hydrogen-bond donors (Lipinski definition) is 0. The van der Waals surface area contributed by atoms with E-state index in [1.54, 1.807) is 0 Å². The van der Waals surface area contributed by atoms with Crippen LogP contribution in [0.25, 0.3) is 0 Å². The molecule has 2 heterocycles. The predicted molar refractivity (Wildman–Crippen MR) is 58.3 cm³/mol. The molecule has 1 unspecified atom stereocenters. The van der Waals surface area contributed by atoms with Crippen molar-refractivity contribution >= 4 is 7.28 Å². The molecule has 0 saturated carbocycles. The number of aromatic nitrogens is 1. The van der Waals surface area contributed by atoms with Gasteiger partial charge in [0.05, 0.1) is 0 Å². The van der Waals surface area contributed by atoms with Crippen molar-refractivity contribution in [3.8, 4) is 0 Å². The van der Waals surface area contributed by atoms with Crippen LogP contribution in [-0.4, -0.2) is 12.3 Å². The standard InChI is InChI=1S/C12H11BN/c1-3-9-5-6-10-4-2-8-14-12(10)11(9)13-7-1/h1-4,7-8,11H,5-6H2. The fraction of sp³-hybridized carbons (Fsp3) is 0.250. The number of hydrogen-bond acceptors (Lipinski definition) is 1. The number of aryl methyl sites for hydroxylation is 1. The molecule has 0 fully saturated rings. The molecule has 67 valence electrons. The highest BCUT2D eigenvalue weighted by Crippen LogP contribution is 2.34. The van der Waals surface area contributed by atoms with Crippen LogP contribution >= 0.6 is 0 Å². The van der Waals surface area contributed by atoms with Gasteiger partial charge in [-0.1, -0.05) is 23.8 Å². The fourth-order valence-corrected chi connectivity index (χ4v) is 2.31. The highest BCUT2D eigenvalue weighted by atomic mass is 14.7. The molecule has 2 heteroatoms. The zero-order chi connectivity index (χ0) is 9.38. The molecule has 0 aromatic carbocycles. The summed E-state index contributed by atoms with van der Waals surface area (Å²) in [4.78, 5) is 4.50. The molecule has 14 heavy (non-hydrogen) atoms. The summed E-state index contributed by atoms with van der Waals surface area (Å²) in [5.74, 6) is 2.57. The third-order valence-electron chi connectivity index (χ3n) is 3.03. The molecule has 0 amide bonds. The second-order valence-corrected chi connectivity index (χ2v) is 3.84. The van der Waals surface area contributed by atoms with E-state index in [2.05, 4.69) is 36.5 Å². The molecule has 0 saturated heterocycles. The van der Waals surface area contributed by atoms with E-state index in [0.717, 1.165) is 6.42 Å². The Morgan fingerprint density at radius 2 is 2.36 bits per heavy atom. The van der Waals surface area contributed by atoms with Gasteiger partial charge in [-0.3, -0.25) is 4.98 Å². The van der Waals surface area contributed by atoms with Gasteiger partial charge in [-0.05, 0) is 30.3 Å². The Morgan fingerprint density at radius 1 is 1.36 bits per heavy atom. The minimum absolute atomic E-state index is 0.449. The van der Waals surface area contributed by atoms with Gasteiger partial charge < -0.3 is 0 Å². The topological polar surface area (TPSA) is 12.9 Å². The Morgan fingerprint density at radius 3 is 3.36 bits per heavy atom. The van der Waals surface area contributed by atoms with Gasteiger partial charge in [0.1, 0.15) is 0 Å². The maximum absolute atomic E-state index is 4.50. The third-order valence-corrected chi connectivity index (χ3v) is 3.03. The average molecular weight is 180 g/mol. The van der Waals surface area contributed by atoms with Crippen molar-refractivity contribution in [2.75, 3.05) is 0 Å². The molecule has 3 rings (SSSR count). The number of nitrogens with zero attached hydrogens (tertiary/aromatic N) is 1. The van der Waals surface area contributed by atoms with E-state index >= 15 is 0 Å². The van der Waals surface area contributed by atoms with E-state index in [0.29, 0.717) is 5.82 Å². The van der Waals surface area contributed by atoms with Crippen molar-refractivity contribution in [3.05, 3.63) is 53.3 Å². The molecule has 1 nitrogen and oxygen atoms in total. The summed E-state index contributed by atoms with van der Waals surface area (Å²) in [5, 5.41) is 0. The first kappa shape index (κ1) is 8.04. The second kappa shape index (κ2) is 3.12. The molecule has 0 bridgehead atoms. The van der Waals surface area contributed by atoms with Crippen LogP contribution in [0, 0.1) is 0 Å². The van der Waals surface area contributed by atoms with Crippen LogP contribution < -0.4 is 0 Å². The van der Waals surface area contributed by atoms with Gasteiger partial charge in [-0.25, -0.2) is 0 Å². The minimum Gasteiger partial charge on any atom is -0.261 e. The molecule has 1 aliphatic carbocycles. The molecular formula is C12H11BN. The number of allylic oxidation sites excluding steroid dienone is 3. The van der Waals surface area contributed by atoms with E-state index < -0.39 is 0 Å². The van der Waals surface area contributed by atoms with Crippen molar-refractivity contribution in [1.29, 1.82) is 0 Å². The van der Waals surface area contributed by atoms with Crippen LogP contribution in [0.15, 0.2) is 42.0 Å². The first-order chi connectivity index (χ1) is 6.95. The summed E-state index contributed by atoms with van der Waals surface area (Å²) in [7, 11) is 2.25. The Labute approximate surface area is 84.8 Å². The van der Waals surface area contributed by atoms with Gasteiger partial charge in [-0.15, -0.1) is 5.98 Å². The highest BCUT2D eigenvalue weighted by molar-refractivity contribution is 6.45. The number of fused-ring (bicyclic) bond motifs is 3. The summed E-state index contributed by atoms with van der Waals surface area (Å²) in [5.41, 5.74) is 4.19. The van der Waals surface area contributed by atoms with Gasteiger partial charge in [0.2, 0.25) is 0 Å². The Bertz CT molecular complexity index is 420. The van der Waals surface area contributed by atoms with E-state index in [1.807, 2.05) is 12.3 Å². The lowest BCUT2D eigenvalue weighted by atomic mass is 9.55. The van der Waals surface area contributed by atoms with Crippen LogP contribution in [0.5, 0.6) is 0 Å². The minimum atomic E-state index is 0.449. The molecule has 0 N–H and O–H groups in total. The van der Waals surface area contributed by atoms with Crippen molar-refractivity contribution in [2.24, 2.45) is 0 Å². The number of rotatable bonds is 0. The molecule has 0 spiro atoms. The first-order valence-corrected chi connectivity index (χ1v) is 5.09. The molecule has 1 atom stereocenters. The molecule has 1 aromatic rings. The van der Waals surface area contributed by atoms with Crippen LogP contribution in [0.2, 0.25) is 0 Å². The quantitative estimate of drug-likeness (QED) is 0.558. The maximum Gasteiger partial charge on any atom is 0.158 e. The SMILES string of the molecule is [B]1C=CC=C2CCc3cccnc3C12. The lowest BCUT2D eigenvalue weighted by Gasteiger charge is -2.27. The van der Waals surface area contributed by atoms with E-state index in [1.165, 1.54) is 23.3 Å². The summed E-state index contributed by atoms with van der Waals surface area (Å²) >= 11 is 0. The Kier molecular flexibility index (Phi) is 1.79. The Balaban J connectivity index is 2.10. The van der Waals surface area contributed by atoms with Gasteiger partial charge >= 0.3 is 0 Å². The summed E-state index contributed by atoms with van der Waals surface area (Å²) < 4.78 is 0. The highest BCUT2D eigenvalue weighted by Gasteiger charge is 2.25. The lowest BCUT2D eigenvalue weighted by Crippen LogP contribution is -2.20. The zero-order valence-corrected chi connectivity index (χ0v) is 7.98. The molecular weight excluding hydrogens is 169 g/mol. The molecule has 1 aliphatic heterocycles. The van der Waals surface area contributed by atoms with Gasteiger partial charge in [0, 0.05) is 11.9 Å². The smallest absolute Gasteiger partial charge is 0.158 e. The van der Waals surface area contributed by atoms with Crippen molar-refractivity contribution in [2.45, 2.75) is 18.7 Å². The van der Waals surface area contributed by atoms with E-state index in [-0.39, 0.29) is 0 Å². The van der Waals surface area contributed by atoms with Crippen molar-refractivity contribution in [1.82, 2.24) is 4.98 Å². The van der Waals surface area contributed by atoms with Gasteiger partial charge in [0.25, 0.3) is 0 Å². The molecule has 1 radical (unpaired) electrons. The van der Waals surface area contributed by atoms with Crippen molar-refractivity contribution < 1.29 is 0 Å². The normalized spacial score (nSPS) is 23.1. The first-order valence-electron chi connectivity index (χ1n) is 5.09. The summed E-state index contributed by atoms with van der Waals surface area (Å²) in [6.45, 7) is 0. The molecule has 1 aromatic heterocycles. The average Bonchev–Trinajstić information content (AvgIpc) is 2.29. The molecule has 2 aliphatic rings. The summed E-state index contributed by atoms with van der Waals surface area (Å²) in [6.07, 6.45) is 8.59. The number of pyridine rings is 1. The second-order valence-electron chi connectivity index (χ2n) is 3.84. The van der Waals surface area contributed by atoms with Crippen LogP contribution in [0.4, 0.5) is 0 Å². The lowest BCUT2D eigenvalue weighted by molar-refractivity contribution is 0.785. The van der Waals surface area contributed by atoms with E-state index in [4.69, 9.17) is 0 Å². The Hall–Kier alpha value is -1.31. The van der Waals surface area contributed by atoms with Crippen LogP contribution in [-0.2, 0) is 6.42 Å². The third kappa shape index (κ3) is 1.14. The van der Waals surface area contributed by atoms with E-state index in [9.17, 15) is 0 Å². The largest absolute Gasteiger partial charge is 0.261 e. The predicted octanol–water partition coefficient (Wildman–Crippen LogP) is 2.23. The monoisotopic (exact) mass is 180 g/mol. The van der Waals surface area contributed by atoms with Crippen molar-refractivity contribution in [3.63, 3.8) is 0 Å². The fourth-order valence-electron chi connectivity index (χ4n) is 2.31. The van der Waals surface area contributed by atoms with Crippen LogP contribution in [0.1, 0.15) is 23.5 Å².